The fourth-order valence-electron chi connectivity index (χ4n) is 2.81. The van der Waals surface area contributed by atoms with E-state index < -0.39 is 5.60 Å². The topological polar surface area (TPSA) is 73.0 Å². The lowest BCUT2D eigenvalue weighted by molar-refractivity contribution is 0.0437. The number of halogens is 1. The first-order valence-corrected chi connectivity index (χ1v) is 8.98. The van der Waals surface area contributed by atoms with Crippen molar-refractivity contribution >= 4 is 29.9 Å². The highest BCUT2D eigenvalue weighted by Crippen LogP contribution is 2.27. The lowest BCUT2D eigenvalue weighted by Crippen LogP contribution is -2.44. The summed E-state index contributed by atoms with van der Waals surface area (Å²) in [6, 6.07) is 4.87. The Morgan fingerprint density at radius 2 is 2.16 bits per heavy atom. The summed E-state index contributed by atoms with van der Waals surface area (Å²) < 4.78 is 5.30. The van der Waals surface area contributed by atoms with Gasteiger partial charge >= 0.3 is 0 Å². The van der Waals surface area contributed by atoms with Crippen LogP contribution in [0.5, 0.6) is 0 Å². The Balaban J connectivity index is 0.00000312. The fourth-order valence-corrected chi connectivity index (χ4v) is 2.81. The van der Waals surface area contributed by atoms with Crippen molar-refractivity contribution in [1.82, 2.24) is 15.5 Å². The zero-order valence-electron chi connectivity index (χ0n) is 15.8. The lowest BCUT2D eigenvalue weighted by atomic mass is 10.0. The van der Waals surface area contributed by atoms with Gasteiger partial charge in [0, 0.05) is 31.7 Å². The summed E-state index contributed by atoms with van der Waals surface area (Å²) in [6.07, 6.45) is 4.20. The predicted octanol–water partition coefficient (Wildman–Crippen LogP) is 2.53. The Kier molecular flexibility index (Phi) is 9.23. The first-order valence-electron chi connectivity index (χ1n) is 8.98. The van der Waals surface area contributed by atoms with E-state index in [0.29, 0.717) is 11.8 Å². The zero-order valence-corrected chi connectivity index (χ0v) is 18.1. The summed E-state index contributed by atoms with van der Waals surface area (Å²) in [5, 5.41) is 17.1. The average molecular weight is 464 g/mol. The quantitative estimate of drug-likeness (QED) is 0.298. The van der Waals surface area contributed by atoms with Crippen LogP contribution in [0, 0.1) is 0 Å². The number of hydrogen-bond donors (Lipinski definition) is 3. The molecule has 0 bridgehead atoms. The first-order chi connectivity index (χ1) is 11.4. The SMILES string of the molecule is CCNC(=NCC(C)(O)c1ccco1)NCCN(C(C)C)C1CC1.I. The molecule has 1 aromatic heterocycles. The van der Waals surface area contributed by atoms with E-state index in [0.717, 1.165) is 31.6 Å². The van der Waals surface area contributed by atoms with E-state index in [2.05, 4.69) is 34.4 Å². The highest BCUT2D eigenvalue weighted by molar-refractivity contribution is 14.0. The maximum Gasteiger partial charge on any atom is 0.191 e. The normalized spacial score (nSPS) is 17.3. The molecule has 0 aliphatic heterocycles. The molecule has 7 heteroatoms. The third-order valence-electron chi connectivity index (χ3n) is 4.28. The van der Waals surface area contributed by atoms with Crippen LogP contribution in [0.1, 0.15) is 46.3 Å². The second-order valence-corrected chi connectivity index (χ2v) is 6.94. The van der Waals surface area contributed by atoms with Crippen LogP contribution in [0.15, 0.2) is 27.8 Å². The molecule has 0 amide bonds. The average Bonchev–Trinajstić information content (AvgIpc) is 3.19. The second-order valence-electron chi connectivity index (χ2n) is 6.94. The summed E-state index contributed by atoms with van der Waals surface area (Å²) in [5.41, 5.74) is -1.11. The Morgan fingerprint density at radius 1 is 1.44 bits per heavy atom. The maximum absolute atomic E-state index is 10.5. The van der Waals surface area contributed by atoms with Crippen LogP contribution in [0.4, 0.5) is 0 Å². The number of hydrogen-bond acceptors (Lipinski definition) is 4. The molecule has 1 aliphatic rings. The van der Waals surface area contributed by atoms with Gasteiger partial charge in [0.1, 0.15) is 11.4 Å². The molecular formula is C18H33IN4O2. The summed E-state index contributed by atoms with van der Waals surface area (Å²) in [7, 11) is 0. The number of aliphatic imine (C=N–C) groups is 1. The lowest BCUT2D eigenvalue weighted by Gasteiger charge is -2.26. The minimum atomic E-state index is -1.11. The predicted molar refractivity (Wildman–Crippen MR) is 113 cm³/mol. The van der Waals surface area contributed by atoms with E-state index in [9.17, 15) is 5.11 Å². The number of aliphatic hydroxyl groups is 1. The molecule has 2 rings (SSSR count). The first kappa shape index (κ1) is 22.2. The van der Waals surface area contributed by atoms with E-state index in [1.807, 2.05) is 6.92 Å². The number of furan rings is 1. The van der Waals surface area contributed by atoms with E-state index in [-0.39, 0.29) is 30.5 Å². The number of rotatable bonds is 9. The summed E-state index contributed by atoms with van der Waals surface area (Å²) in [4.78, 5) is 7.05. The van der Waals surface area contributed by atoms with Gasteiger partial charge in [-0.05, 0) is 52.7 Å². The van der Waals surface area contributed by atoms with Gasteiger partial charge in [-0.2, -0.15) is 0 Å². The van der Waals surface area contributed by atoms with E-state index >= 15 is 0 Å². The molecular weight excluding hydrogens is 431 g/mol. The second kappa shape index (κ2) is 10.4. The van der Waals surface area contributed by atoms with Gasteiger partial charge in [0.2, 0.25) is 0 Å². The molecule has 0 spiro atoms. The maximum atomic E-state index is 10.5. The van der Waals surface area contributed by atoms with Crippen LogP contribution in [-0.4, -0.2) is 54.2 Å². The Morgan fingerprint density at radius 3 is 2.68 bits per heavy atom. The van der Waals surface area contributed by atoms with Crippen LogP contribution in [0.25, 0.3) is 0 Å². The molecule has 0 radical (unpaired) electrons. The van der Waals surface area contributed by atoms with Crippen LogP contribution in [-0.2, 0) is 5.60 Å². The van der Waals surface area contributed by atoms with Gasteiger partial charge in [-0.25, -0.2) is 4.99 Å². The number of nitrogens with zero attached hydrogens (tertiary/aromatic N) is 2. The van der Waals surface area contributed by atoms with Crippen LogP contribution < -0.4 is 10.6 Å². The van der Waals surface area contributed by atoms with Crippen molar-refractivity contribution in [1.29, 1.82) is 0 Å². The van der Waals surface area contributed by atoms with Gasteiger partial charge in [0.25, 0.3) is 0 Å². The van der Waals surface area contributed by atoms with Crippen molar-refractivity contribution in [2.45, 2.75) is 58.2 Å². The highest BCUT2D eigenvalue weighted by Gasteiger charge is 2.30. The smallest absolute Gasteiger partial charge is 0.191 e. The number of guanidine groups is 1. The summed E-state index contributed by atoms with van der Waals surface area (Å²) in [6.45, 7) is 11.1. The van der Waals surface area contributed by atoms with Crippen molar-refractivity contribution < 1.29 is 9.52 Å². The summed E-state index contributed by atoms with van der Waals surface area (Å²) in [5.74, 6) is 1.26. The summed E-state index contributed by atoms with van der Waals surface area (Å²) >= 11 is 0. The van der Waals surface area contributed by atoms with E-state index in [4.69, 9.17) is 4.42 Å². The van der Waals surface area contributed by atoms with Gasteiger partial charge in [-0.15, -0.1) is 24.0 Å². The molecule has 1 heterocycles. The molecule has 1 atom stereocenters. The third-order valence-corrected chi connectivity index (χ3v) is 4.28. The van der Waals surface area contributed by atoms with Crippen molar-refractivity contribution in [2.75, 3.05) is 26.2 Å². The van der Waals surface area contributed by atoms with Gasteiger partial charge in [-0.3, -0.25) is 4.90 Å². The highest BCUT2D eigenvalue weighted by atomic mass is 127. The largest absolute Gasteiger partial charge is 0.466 e. The molecule has 0 saturated heterocycles. The molecule has 0 aromatic carbocycles. The van der Waals surface area contributed by atoms with Crippen LogP contribution in [0.2, 0.25) is 0 Å². The third kappa shape index (κ3) is 7.15. The molecule has 6 nitrogen and oxygen atoms in total. The Labute approximate surface area is 168 Å². The minimum absolute atomic E-state index is 0. The minimum Gasteiger partial charge on any atom is -0.466 e. The van der Waals surface area contributed by atoms with Gasteiger partial charge in [0.15, 0.2) is 5.96 Å². The molecule has 25 heavy (non-hydrogen) atoms. The van der Waals surface area contributed by atoms with E-state index in [1.54, 1.807) is 25.3 Å². The van der Waals surface area contributed by atoms with Gasteiger partial charge in [0.05, 0.1) is 12.8 Å². The molecule has 1 unspecified atom stereocenters. The Bertz CT molecular complexity index is 511. The molecule has 1 fully saturated rings. The van der Waals surface area contributed by atoms with E-state index in [1.165, 1.54) is 12.8 Å². The van der Waals surface area contributed by atoms with Crippen LogP contribution in [0.3, 0.4) is 0 Å². The standard InChI is InChI=1S/C18H32N4O2.HI/c1-5-19-17(20-10-11-22(14(2)3)15-8-9-15)21-13-18(4,23)16-7-6-12-24-16;/h6-7,12,14-15,23H,5,8-11,13H2,1-4H3,(H2,19,20,21);1H. The van der Waals surface area contributed by atoms with Gasteiger partial charge < -0.3 is 20.2 Å². The molecule has 1 aromatic rings. The molecule has 1 aliphatic carbocycles. The van der Waals surface area contributed by atoms with Crippen LogP contribution >= 0.6 is 24.0 Å². The molecule has 1 saturated carbocycles. The molecule has 144 valence electrons. The monoisotopic (exact) mass is 464 g/mol. The van der Waals surface area contributed by atoms with Crippen molar-refractivity contribution in [3.63, 3.8) is 0 Å². The number of nitrogens with one attached hydrogen (secondary N) is 2. The van der Waals surface area contributed by atoms with Crippen molar-refractivity contribution in [3.8, 4) is 0 Å². The van der Waals surface area contributed by atoms with Gasteiger partial charge in [-0.1, -0.05) is 0 Å². The van der Waals surface area contributed by atoms with Crippen molar-refractivity contribution in [2.24, 2.45) is 4.99 Å². The zero-order chi connectivity index (χ0) is 17.6. The fraction of sp³-hybridized carbons (Fsp3) is 0.722. The molecule has 3 N–H and O–H groups in total. The Hall–Kier alpha value is -0.800. The van der Waals surface area contributed by atoms with Crippen molar-refractivity contribution in [3.05, 3.63) is 24.2 Å².